The van der Waals surface area contributed by atoms with E-state index >= 15 is 0 Å². The molecule has 18 heteroatoms. The van der Waals surface area contributed by atoms with Crippen molar-refractivity contribution in [3.63, 3.8) is 0 Å². The Labute approximate surface area is 316 Å². The molecule has 0 radical (unpaired) electrons. The van der Waals surface area contributed by atoms with Crippen molar-refractivity contribution < 1.29 is 0 Å². The van der Waals surface area contributed by atoms with Crippen LogP contribution >= 0.6 is 214 Å². The van der Waals surface area contributed by atoms with Crippen LogP contribution in [-0.4, -0.2) is 80.8 Å². The van der Waals surface area contributed by atoms with Crippen LogP contribution in [0.4, 0.5) is 0 Å². The number of thioether (sulfide) groups is 11. The van der Waals surface area contributed by atoms with Gasteiger partial charge in [0.15, 0.2) is 0 Å². The zero-order chi connectivity index (χ0) is 28.3. The molecule has 3 unspecified atom stereocenters. The molecule has 230 valence electrons. The molecule has 38 heavy (non-hydrogen) atoms. The lowest BCUT2D eigenvalue weighted by molar-refractivity contribution is 0.886. The molecular weight excluding hydrogens is 817 g/mol. The van der Waals surface area contributed by atoms with Crippen LogP contribution in [0.1, 0.15) is 26.7 Å². The maximum Gasteiger partial charge on any atom is 0.0729 e. The van der Waals surface area contributed by atoms with Gasteiger partial charge in [-0.1, -0.05) is 48.3 Å². The van der Waals surface area contributed by atoms with E-state index in [2.05, 4.69) is 136 Å². The highest BCUT2D eigenvalue weighted by Crippen LogP contribution is 2.46. The van der Waals surface area contributed by atoms with Gasteiger partial charge in [-0.2, -0.15) is 63.1 Å². The molecule has 1 fully saturated rings. The van der Waals surface area contributed by atoms with Crippen molar-refractivity contribution in [3.05, 3.63) is 0 Å². The predicted octanol–water partition coefficient (Wildman–Crippen LogP) is 12.2. The number of thiol groups is 5. The first-order valence-electron chi connectivity index (χ1n) is 11.6. The van der Waals surface area contributed by atoms with Crippen molar-refractivity contribution in [1.82, 2.24) is 0 Å². The van der Waals surface area contributed by atoms with Crippen LogP contribution in [0.15, 0.2) is 0 Å². The Morgan fingerprint density at radius 2 is 0.921 bits per heavy atom. The summed E-state index contributed by atoms with van der Waals surface area (Å²) in [7, 11) is 4.02. The monoisotopic (exact) mass is 858 g/mol. The Balaban J connectivity index is 0.00000318. The quantitative estimate of drug-likeness (QED) is 0.0256. The van der Waals surface area contributed by atoms with Crippen LogP contribution in [0.5, 0.6) is 0 Å². The number of hydrogen-bond donors (Lipinski definition) is 5. The van der Waals surface area contributed by atoms with E-state index in [1.54, 1.807) is 0 Å². The molecule has 0 amide bonds. The fraction of sp³-hybridized carbons (Fsp3) is 1.00. The first-order chi connectivity index (χ1) is 18.6. The summed E-state index contributed by atoms with van der Waals surface area (Å²) in [5.74, 6) is 3.95. The summed E-state index contributed by atoms with van der Waals surface area (Å²) < 4.78 is 2.85. The molecule has 0 spiro atoms. The van der Waals surface area contributed by atoms with Crippen LogP contribution in [0.3, 0.4) is 0 Å². The third kappa shape index (κ3) is 25.4. The first kappa shape index (κ1) is 44.3. The summed E-state index contributed by atoms with van der Waals surface area (Å²) in [6.07, 6.45) is 2.64. The second-order valence-corrected chi connectivity index (χ2v) is 28.0. The summed E-state index contributed by atoms with van der Waals surface area (Å²) in [5, 5.41) is 7.62. The molecule has 0 aliphatic carbocycles. The maximum absolute atomic E-state index is 4.54. The molecule has 1 heterocycles. The predicted molar refractivity (Wildman–Crippen MR) is 237 cm³/mol. The number of unbranched alkanes of at least 4 members (excludes halogenated alkanes) is 1. The Bertz CT molecular complexity index is 463. The molecule has 0 bridgehead atoms. The molecule has 0 N–H and O–H groups in total. The van der Waals surface area contributed by atoms with Crippen molar-refractivity contribution >= 4 is 214 Å². The fourth-order valence-corrected chi connectivity index (χ4v) is 25.4. The molecular formula is C20H42S18. The summed E-state index contributed by atoms with van der Waals surface area (Å²) >= 11 is 44.7. The van der Waals surface area contributed by atoms with E-state index in [9.17, 15) is 0 Å². The van der Waals surface area contributed by atoms with E-state index in [1.165, 1.54) is 35.2 Å². The zero-order valence-electron chi connectivity index (χ0n) is 21.6. The third-order valence-electron chi connectivity index (χ3n) is 4.04. The Morgan fingerprint density at radius 3 is 1.32 bits per heavy atom. The van der Waals surface area contributed by atoms with E-state index < -0.39 is 0 Å². The van der Waals surface area contributed by atoms with E-state index in [4.69, 9.17) is 0 Å². The molecule has 1 rings (SSSR count). The second-order valence-electron chi connectivity index (χ2n) is 6.58. The van der Waals surface area contributed by atoms with Crippen LogP contribution in [-0.2, 0) is 0 Å². The minimum atomic E-state index is 0.489. The fourth-order valence-electron chi connectivity index (χ4n) is 2.21. The van der Waals surface area contributed by atoms with Crippen molar-refractivity contribution in [3.8, 4) is 0 Å². The lowest BCUT2D eigenvalue weighted by Gasteiger charge is -2.27. The van der Waals surface area contributed by atoms with Crippen LogP contribution in [0.25, 0.3) is 0 Å². The molecule has 3 atom stereocenters. The molecule has 0 aromatic heterocycles. The van der Waals surface area contributed by atoms with E-state index in [0.717, 1.165) is 40.2 Å². The van der Waals surface area contributed by atoms with Gasteiger partial charge in [0.1, 0.15) is 0 Å². The lowest BCUT2D eigenvalue weighted by atomic mass is 10.4. The van der Waals surface area contributed by atoms with Crippen molar-refractivity contribution in [2.24, 2.45) is 0 Å². The summed E-state index contributed by atoms with van der Waals surface area (Å²) in [5.41, 5.74) is 0. The molecule has 1 saturated heterocycles. The molecule has 0 saturated carbocycles. The largest absolute Gasteiger partial charge is 0.168 e. The number of rotatable bonds is 25. The highest BCUT2D eigenvalue weighted by atomic mass is 33.1. The average Bonchev–Trinajstić information content (AvgIpc) is 3.44. The smallest absolute Gasteiger partial charge is 0.0729 e. The van der Waals surface area contributed by atoms with Gasteiger partial charge in [0.05, 0.1) is 28.0 Å². The summed E-state index contributed by atoms with van der Waals surface area (Å²) in [4.78, 5) is 0. The molecule has 1 aliphatic heterocycles. The lowest BCUT2D eigenvalue weighted by Crippen LogP contribution is -2.17. The van der Waals surface area contributed by atoms with Crippen LogP contribution in [0.2, 0.25) is 0 Å². The van der Waals surface area contributed by atoms with Crippen molar-refractivity contribution in [2.45, 2.75) is 49.6 Å². The van der Waals surface area contributed by atoms with Gasteiger partial charge in [-0.05, 0) is 0 Å². The van der Waals surface area contributed by atoms with E-state index in [1.807, 2.05) is 92.2 Å². The van der Waals surface area contributed by atoms with Gasteiger partial charge in [0.2, 0.25) is 0 Å². The molecule has 1 aliphatic rings. The third-order valence-corrected chi connectivity index (χ3v) is 26.0. The van der Waals surface area contributed by atoms with Crippen LogP contribution < -0.4 is 0 Å². The standard InChI is InChI=1S/C16H32S18.C4H10/c17-4-25-13(26-5-18)14(27-6-19)30-10-31-15(28-7-20)16(29-8-21)32-11-34-33-9-22-3-12-23-1-2-24-12;1-3-4-2/h12-21H,1-11H2;3-4H2,1-2H3. The van der Waals surface area contributed by atoms with E-state index in [-0.39, 0.29) is 0 Å². The van der Waals surface area contributed by atoms with Crippen molar-refractivity contribution in [1.29, 1.82) is 0 Å². The van der Waals surface area contributed by atoms with Gasteiger partial charge in [-0.25, -0.2) is 0 Å². The highest BCUT2D eigenvalue weighted by molar-refractivity contribution is 8.79. The molecule has 0 aromatic carbocycles. The Hall–Kier alpha value is 6.30. The SMILES string of the molecule is CCCC.SCSC(SCS)C(SCS)SCSC(SCS)C(SCS)SCSSCSCC1SCCS1. The van der Waals surface area contributed by atoms with Crippen molar-refractivity contribution in [2.75, 3.05) is 57.9 Å². The number of hydrogen-bond acceptors (Lipinski definition) is 18. The van der Waals surface area contributed by atoms with Gasteiger partial charge >= 0.3 is 0 Å². The Morgan fingerprint density at radius 1 is 0.553 bits per heavy atom. The summed E-state index contributed by atoms with van der Waals surface area (Å²) in [6, 6.07) is 0. The summed E-state index contributed by atoms with van der Waals surface area (Å²) in [6.45, 7) is 4.36. The minimum absolute atomic E-state index is 0.489. The van der Waals surface area contributed by atoms with Gasteiger partial charge in [-0.3, -0.25) is 0 Å². The normalized spacial score (nSPS) is 16.4. The molecule has 0 aromatic rings. The van der Waals surface area contributed by atoms with Gasteiger partial charge in [0, 0.05) is 52.9 Å². The van der Waals surface area contributed by atoms with E-state index in [0.29, 0.717) is 18.3 Å². The average molecular weight is 860 g/mol. The molecule has 0 nitrogen and oxygen atoms in total. The second kappa shape index (κ2) is 34.6. The highest BCUT2D eigenvalue weighted by Gasteiger charge is 2.26. The topological polar surface area (TPSA) is 0 Å². The van der Waals surface area contributed by atoms with Gasteiger partial charge in [-0.15, -0.1) is 129 Å². The Kier molecular flexibility index (Phi) is 40.4. The van der Waals surface area contributed by atoms with Gasteiger partial charge in [0.25, 0.3) is 0 Å². The maximum atomic E-state index is 4.54. The first-order valence-corrected chi connectivity index (χ1v) is 28.9. The van der Waals surface area contributed by atoms with Crippen LogP contribution in [0, 0.1) is 0 Å². The van der Waals surface area contributed by atoms with Gasteiger partial charge < -0.3 is 0 Å². The minimum Gasteiger partial charge on any atom is -0.168 e. The zero-order valence-corrected chi connectivity index (χ0v) is 36.7.